The third-order valence-electron chi connectivity index (χ3n) is 13.0. The monoisotopic (exact) mass is 822 g/mol. The Kier molecular flexibility index (Phi) is 8.31. The molecule has 3 aliphatic rings. The summed E-state index contributed by atoms with van der Waals surface area (Å²) in [7, 11) is 0. The first-order valence-electron chi connectivity index (χ1n) is 21.8. The van der Waals surface area contributed by atoms with Crippen LogP contribution in [0.15, 0.2) is 211 Å². The van der Waals surface area contributed by atoms with Gasteiger partial charge in [-0.2, -0.15) is 0 Å². The van der Waals surface area contributed by atoms with Crippen molar-refractivity contribution in [3.05, 3.63) is 223 Å². The summed E-state index contributed by atoms with van der Waals surface area (Å²) in [6.45, 7) is 0. The molecule has 0 amide bonds. The average molecular weight is 823 g/mol. The average Bonchev–Trinajstić information content (AvgIpc) is 3.98. The van der Waals surface area contributed by atoms with E-state index in [4.69, 9.17) is 24.1 Å². The molecule has 6 heteroatoms. The van der Waals surface area contributed by atoms with Crippen LogP contribution in [0.5, 0.6) is 5.75 Å². The lowest BCUT2D eigenvalue weighted by Crippen LogP contribution is -2.19. The van der Waals surface area contributed by atoms with Crippen molar-refractivity contribution in [2.75, 3.05) is 5.32 Å². The Hall–Kier alpha value is -8.35. The van der Waals surface area contributed by atoms with Crippen LogP contribution in [0.25, 0.3) is 88.8 Å². The summed E-state index contributed by atoms with van der Waals surface area (Å²) in [5.41, 5.74) is 11.2. The quantitative estimate of drug-likeness (QED) is 0.168. The standard InChI is InChI=1S/C58H38N4O2/c1-3-15-38(16-4-1)55-60-56(39-17-5-2-6-18-39)62-57(61-55)40-30-27-36(28-31-40)41-32-33-45(44-22-10-9-21-43(41)44)48-34-49-54(52-46-23-11-12-25-50(46)63-53(48)52)64-58(59-49)47-24-13-19-37-29-26-35-14-7-8-20-42(35)51(37)47/h1-34,43-44,58-59H. The molecule has 10 aromatic rings. The number of nitrogens with zero attached hydrogens (tertiary/aromatic N) is 3. The number of aromatic nitrogens is 3. The third-order valence-corrected chi connectivity index (χ3v) is 13.0. The number of benzene rings is 8. The summed E-state index contributed by atoms with van der Waals surface area (Å²) in [5, 5.41) is 10.7. The van der Waals surface area contributed by atoms with Gasteiger partial charge >= 0.3 is 0 Å². The highest BCUT2D eigenvalue weighted by Gasteiger charge is 2.35. The topological polar surface area (TPSA) is 73.1 Å². The second-order valence-electron chi connectivity index (χ2n) is 16.7. The van der Waals surface area contributed by atoms with Gasteiger partial charge in [-0.05, 0) is 50.4 Å². The molecule has 0 spiro atoms. The molecule has 1 N–H and O–H groups in total. The number of hydrogen-bond donors (Lipinski definition) is 1. The van der Waals surface area contributed by atoms with Crippen LogP contribution in [-0.2, 0) is 0 Å². The Morgan fingerprint density at radius 2 is 1.05 bits per heavy atom. The molecule has 64 heavy (non-hydrogen) atoms. The molecule has 8 aromatic carbocycles. The van der Waals surface area contributed by atoms with Crippen LogP contribution in [-0.4, -0.2) is 15.0 Å². The first kappa shape index (κ1) is 36.3. The highest BCUT2D eigenvalue weighted by molar-refractivity contribution is 6.15. The van der Waals surface area contributed by atoms with E-state index in [1.807, 2.05) is 72.8 Å². The summed E-state index contributed by atoms with van der Waals surface area (Å²) in [5.74, 6) is 2.93. The summed E-state index contributed by atoms with van der Waals surface area (Å²) in [4.78, 5) is 14.8. The second-order valence-corrected chi connectivity index (χ2v) is 16.7. The van der Waals surface area contributed by atoms with Gasteiger partial charge in [0.15, 0.2) is 29.5 Å². The zero-order valence-electron chi connectivity index (χ0n) is 34.5. The van der Waals surface area contributed by atoms with Gasteiger partial charge < -0.3 is 14.5 Å². The van der Waals surface area contributed by atoms with E-state index < -0.39 is 0 Å². The molecular weight excluding hydrogens is 785 g/mol. The minimum Gasteiger partial charge on any atom is -0.463 e. The van der Waals surface area contributed by atoms with E-state index in [-0.39, 0.29) is 18.1 Å². The van der Waals surface area contributed by atoms with E-state index in [1.54, 1.807) is 0 Å². The number of fused-ring (bicyclic) bond motifs is 9. The number of para-hydroxylation sites is 1. The Morgan fingerprint density at radius 3 is 1.78 bits per heavy atom. The van der Waals surface area contributed by atoms with Gasteiger partial charge in [-0.1, -0.05) is 194 Å². The third kappa shape index (κ3) is 5.91. The van der Waals surface area contributed by atoms with Crippen LogP contribution in [0.1, 0.15) is 22.9 Å². The zero-order valence-corrected chi connectivity index (χ0v) is 34.5. The lowest BCUT2D eigenvalue weighted by Gasteiger charge is -2.32. The van der Waals surface area contributed by atoms with E-state index in [2.05, 4.69) is 139 Å². The number of ether oxygens (including phenoxy) is 1. The first-order chi connectivity index (χ1) is 31.7. The number of nitrogens with one attached hydrogen (secondary N) is 1. The van der Waals surface area contributed by atoms with Gasteiger partial charge in [-0.3, -0.25) is 0 Å². The van der Waals surface area contributed by atoms with Crippen LogP contribution in [0.4, 0.5) is 5.69 Å². The summed E-state index contributed by atoms with van der Waals surface area (Å²) < 4.78 is 13.8. The summed E-state index contributed by atoms with van der Waals surface area (Å²) in [6.07, 6.45) is 13.2. The normalized spacial score (nSPS) is 17.5. The van der Waals surface area contributed by atoms with Gasteiger partial charge in [0.25, 0.3) is 0 Å². The van der Waals surface area contributed by atoms with E-state index in [9.17, 15) is 0 Å². The van der Waals surface area contributed by atoms with Crippen LogP contribution in [0.2, 0.25) is 0 Å². The van der Waals surface area contributed by atoms with Gasteiger partial charge in [0.1, 0.15) is 11.2 Å². The van der Waals surface area contributed by atoms with Gasteiger partial charge in [0.2, 0.25) is 0 Å². The van der Waals surface area contributed by atoms with Crippen LogP contribution < -0.4 is 10.1 Å². The minimum absolute atomic E-state index is 0.0760. The maximum absolute atomic E-state index is 7.01. The van der Waals surface area contributed by atoms with Crippen molar-refractivity contribution in [2.24, 2.45) is 11.8 Å². The predicted molar refractivity (Wildman–Crippen MR) is 260 cm³/mol. The van der Waals surface area contributed by atoms with Crippen molar-refractivity contribution >= 4 is 60.3 Å². The van der Waals surface area contributed by atoms with Crippen LogP contribution in [0.3, 0.4) is 0 Å². The van der Waals surface area contributed by atoms with E-state index in [0.29, 0.717) is 17.5 Å². The molecule has 0 bridgehead atoms. The predicted octanol–water partition coefficient (Wildman–Crippen LogP) is 14.4. The molecule has 6 nitrogen and oxygen atoms in total. The fourth-order valence-electron chi connectivity index (χ4n) is 9.96. The number of anilines is 1. The van der Waals surface area contributed by atoms with Gasteiger partial charge in [-0.25, -0.2) is 15.0 Å². The van der Waals surface area contributed by atoms with E-state index in [1.165, 1.54) is 32.7 Å². The maximum Gasteiger partial charge on any atom is 0.197 e. The second kappa shape index (κ2) is 14.6. The molecule has 2 aliphatic carbocycles. The zero-order chi connectivity index (χ0) is 42.1. The molecule has 3 atom stereocenters. The van der Waals surface area contributed by atoms with E-state index >= 15 is 0 Å². The number of rotatable bonds is 6. The number of hydrogen-bond acceptors (Lipinski definition) is 6. The van der Waals surface area contributed by atoms with Crippen molar-refractivity contribution in [2.45, 2.75) is 6.23 Å². The molecule has 0 radical (unpaired) electrons. The fourth-order valence-corrected chi connectivity index (χ4v) is 9.96. The van der Waals surface area contributed by atoms with Gasteiger partial charge in [0, 0.05) is 45.0 Å². The SMILES string of the molecule is C1=CC2C(c3ccc(-c4nc(-c5ccccc5)nc(-c5ccccc5)n4)cc3)=CC=C(c3cc4c(c5c3oc3ccccc35)OC(c3cccc5ccc6ccccc6c35)N4)C2C=C1. The highest BCUT2D eigenvalue weighted by atomic mass is 16.5. The van der Waals surface area contributed by atoms with Crippen molar-refractivity contribution < 1.29 is 9.15 Å². The molecule has 3 unspecified atom stereocenters. The smallest absolute Gasteiger partial charge is 0.197 e. The lowest BCUT2D eigenvalue weighted by atomic mass is 9.71. The fraction of sp³-hybridized carbons (Fsp3) is 0.0517. The van der Waals surface area contributed by atoms with Crippen molar-refractivity contribution in [1.82, 2.24) is 15.0 Å². The lowest BCUT2D eigenvalue weighted by molar-refractivity contribution is 0.264. The Bertz CT molecular complexity index is 3570. The molecule has 0 saturated carbocycles. The largest absolute Gasteiger partial charge is 0.463 e. The number of allylic oxidation sites excluding steroid dienone is 8. The van der Waals surface area contributed by atoms with Gasteiger partial charge in [0.05, 0.1) is 11.1 Å². The highest BCUT2D eigenvalue weighted by Crippen LogP contribution is 2.53. The molecule has 0 saturated heterocycles. The summed E-state index contributed by atoms with van der Waals surface area (Å²) >= 11 is 0. The van der Waals surface area contributed by atoms with Crippen molar-refractivity contribution in [3.8, 4) is 39.9 Å². The number of furan rings is 1. The van der Waals surface area contributed by atoms with Crippen molar-refractivity contribution in [3.63, 3.8) is 0 Å². The molecule has 3 heterocycles. The summed E-state index contributed by atoms with van der Waals surface area (Å²) in [6, 6.07) is 58.8. The minimum atomic E-state index is -0.385. The van der Waals surface area contributed by atoms with Crippen LogP contribution >= 0.6 is 0 Å². The molecule has 2 aromatic heterocycles. The Balaban J connectivity index is 0.901. The Morgan fingerprint density at radius 1 is 0.469 bits per heavy atom. The maximum atomic E-state index is 7.01. The molecular formula is C58H38N4O2. The molecule has 13 rings (SSSR count). The Labute approximate surface area is 369 Å². The molecule has 1 aliphatic heterocycles. The first-order valence-corrected chi connectivity index (χ1v) is 21.8. The van der Waals surface area contributed by atoms with Crippen molar-refractivity contribution in [1.29, 1.82) is 0 Å². The molecule has 0 fully saturated rings. The van der Waals surface area contributed by atoms with Gasteiger partial charge in [-0.15, -0.1) is 0 Å². The molecule has 302 valence electrons. The van der Waals surface area contributed by atoms with E-state index in [0.717, 1.165) is 66.8 Å². The van der Waals surface area contributed by atoms with Crippen LogP contribution in [0, 0.1) is 11.8 Å².